The molecule has 1 aliphatic rings. The number of ether oxygens (including phenoxy) is 2. The Morgan fingerprint density at radius 1 is 1.17 bits per heavy atom. The molecule has 2 aromatic heterocycles. The van der Waals surface area contributed by atoms with Crippen molar-refractivity contribution in [2.24, 2.45) is 0 Å². The number of hydrogen-bond acceptors (Lipinski definition) is 5. The lowest BCUT2D eigenvalue weighted by molar-refractivity contribution is 0.0196. The Hall–Kier alpha value is -3.09. The van der Waals surface area contributed by atoms with Gasteiger partial charge < -0.3 is 14.4 Å². The van der Waals surface area contributed by atoms with E-state index in [1.807, 2.05) is 68.0 Å². The molecule has 0 spiro atoms. The third kappa shape index (κ3) is 4.10. The molecule has 30 heavy (non-hydrogen) atoms. The van der Waals surface area contributed by atoms with Crippen LogP contribution in [0.3, 0.4) is 0 Å². The van der Waals surface area contributed by atoms with Gasteiger partial charge in [0.05, 0.1) is 19.0 Å². The summed E-state index contributed by atoms with van der Waals surface area (Å²) < 4.78 is 12.7. The minimum Gasteiger partial charge on any atom is -0.497 e. The van der Waals surface area contributed by atoms with E-state index in [0.717, 1.165) is 47.6 Å². The number of carbonyl (C=O) groups excluding carboxylic acids is 1. The second kappa shape index (κ2) is 7.97. The van der Waals surface area contributed by atoms with E-state index in [4.69, 9.17) is 9.47 Å². The largest absolute Gasteiger partial charge is 0.497 e. The Morgan fingerprint density at radius 3 is 2.63 bits per heavy atom. The van der Waals surface area contributed by atoms with E-state index in [1.54, 1.807) is 12.0 Å². The molecule has 7 nitrogen and oxygen atoms in total. The van der Waals surface area contributed by atoms with Crippen LogP contribution in [0, 0.1) is 0 Å². The smallest absolute Gasteiger partial charge is 0.410 e. The van der Waals surface area contributed by atoms with Crippen molar-refractivity contribution in [1.82, 2.24) is 19.5 Å². The van der Waals surface area contributed by atoms with Gasteiger partial charge in [-0.15, -0.1) is 0 Å². The fourth-order valence-electron chi connectivity index (χ4n) is 3.90. The number of amides is 1. The Kier molecular flexibility index (Phi) is 5.37. The van der Waals surface area contributed by atoms with E-state index >= 15 is 0 Å². The fourth-order valence-corrected chi connectivity index (χ4v) is 3.90. The third-order valence-electron chi connectivity index (χ3n) is 5.32. The summed E-state index contributed by atoms with van der Waals surface area (Å²) in [7, 11) is 1.66. The van der Waals surface area contributed by atoms with E-state index in [-0.39, 0.29) is 12.0 Å². The van der Waals surface area contributed by atoms with E-state index in [9.17, 15) is 4.79 Å². The Morgan fingerprint density at radius 2 is 1.93 bits per heavy atom. The summed E-state index contributed by atoms with van der Waals surface area (Å²) in [6, 6.07) is 9.89. The van der Waals surface area contributed by atoms with Gasteiger partial charge in [-0.3, -0.25) is 0 Å². The number of methoxy groups -OCH3 is 1. The first-order valence-electron chi connectivity index (χ1n) is 10.3. The average Bonchev–Trinajstić information content (AvgIpc) is 3.17. The van der Waals surface area contributed by atoms with Crippen LogP contribution in [-0.4, -0.2) is 51.4 Å². The maximum atomic E-state index is 12.6. The third-order valence-corrected chi connectivity index (χ3v) is 5.32. The number of carbonyl (C=O) groups is 1. The van der Waals surface area contributed by atoms with Gasteiger partial charge in [-0.05, 0) is 57.4 Å². The highest BCUT2D eigenvalue weighted by Crippen LogP contribution is 2.31. The number of nitrogens with zero attached hydrogens (tertiary/aromatic N) is 4. The lowest BCUT2D eigenvalue weighted by Crippen LogP contribution is -2.42. The molecule has 3 aromatic rings. The molecule has 0 radical (unpaired) electrons. The second-order valence-corrected chi connectivity index (χ2v) is 8.66. The first-order valence-corrected chi connectivity index (χ1v) is 10.3. The van der Waals surface area contributed by atoms with Crippen molar-refractivity contribution in [3.05, 3.63) is 48.4 Å². The molecule has 1 aliphatic heterocycles. The maximum absolute atomic E-state index is 12.6. The SMILES string of the molecule is COc1ccc(-c2cnn3c(C4CCCN(C(=O)OC(C)(C)C)C4)ccnc23)cc1. The summed E-state index contributed by atoms with van der Waals surface area (Å²) in [5.41, 5.74) is 3.39. The summed E-state index contributed by atoms with van der Waals surface area (Å²) in [5, 5.41) is 4.63. The predicted octanol–water partition coefficient (Wildman–Crippen LogP) is 4.52. The molecule has 0 saturated carbocycles. The number of hydrogen-bond donors (Lipinski definition) is 0. The van der Waals surface area contributed by atoms with Gasteiger partial charge in [-0.25, -0.2) is 14.3 Å². The van der Waals surface area contributed by atoms with Gasteiger partial charge in [0.15, 0.2) is 5.65 Å². The number of piperidine rings is 1. The quantitative estimate of drug-likeness (QED) is 0.637. The van der Waals surface area contributed by atoms with Gasteiger partial charge in [0, 0.05) is 30.8 Å². The molecule has 0 N–H and O–H groups in total. The number of fused-ring (bicyclic) bond motifs is 1. The standard InChI is InChI=1S/C23H28N4O3/c1-23(2,3)30-22(28)26-13-5-6-17(15-26)20-11-12-24-21-19(14-25-27(20)21)16-7-9-18(29-4)10-8-16/h7-12,14,17H,5-6,13,15H2,1-4H3. The van der Waals surface area contributed by atoms with Gasteiger partial charge >= 0.3 is 6.09 Å². The van der Waals surface area contributed by atoms with Gasteiger partial charge in [0.25, 0.3) is 0 Å². The van der Waals surface area contributed by atoms with Crippen molar-refractivity contribution >= 4 is 11.7 Å². The molecule has 1 amide bonds. The highest BCUT2D eigenvalue weighted by atomic mass is 16.6. The Bertz CT molecular complexity index is 1040. The zero-order valence-corrected chi connectivity index (χ0v) is 18.0. The van der Waals surface area contributed by atoms with Crippen LogP contribution in [0.15, 0.2) is 42.7 Å². The van der Waals surface area contributed by atoms with Crippen LogP contribution in [0.5, 0.6) is 5.75 Å². The van der Waals surface area contributed by atoms with E-state index in [2.05, 4.69) is 10.1 Å². The highest BCUT2D eigenvalue weighted by molar-refractivity contribution is 5.77. The first kappa shape index (κ1) is 20.2. The van der Waals surface area contributed by atoms with E-state index in [0.29, 0.717) is 6.54 Å². The van der Waals surface area contributed by atoms with Gasteiger partial charge in [-0.1, -0.05) is 12.1 Å². The van der Waals surface area contributed by atoms with Crippen molar-refractivity contribution in [2.75, 3.05) is 20.2 Å². The van der Waals surface area contributed by atoms with Crippen LogP contribution in [0.4, 0.5) is 4.79 Å². The lowest BCUT2D eigenvalue weighted by Gasteiger charge is -2.34. The predicted molar refractivity (Wildman–Crippen MR) is 115 cm³/mol. The molecule has 1 atom stereocenters. The molecule has 7 heteroatoms. The first-order chi connectivity index (χ1) is 14.4. The second-order valence-electron chi connectivity index (χ2n) is 8.66. The van der Waals surface area contributed by atoms with Crippen molar-refractivity contribution in [2.45, 2.75) is 45.1 Å². The molecular formula is C23H28N4O3. The minimum absolute atomic E-state index is 0.181. The van der Waals surface area contributed by atoms with Gasteiger partial charge in [-0.2, -0.15) is 5.10 Å². The van der Waals surface area contributed by atoms with Crippen molar-refractivity contribution < 1.29 is 14.3 Å². The van der Waals surface area contributed by atoms with Crippen LogP contribution < -0.4 is 4.74 Å². The molecule has 0 bridgehead atoms. The number of aromatic nitrogens is 3. The maximum Gasteiger partial charge on any atom is 0.410 e. The average molecular weight is 409 g/mol. The normalized spacial score (nSPS) is 17.2. The van der Waals surface area contributed by atoms with E-state index in [1.165, 1.54) is 0 Å². The lowest BCUT2D eigenvalue weighted by atomic mass is 9.94. The van der Waals surface area contributed by atoms with Crippen LogP contribution in [0.1, 0.15) is 45.2 Å². The summed E-state index contributed by atoms with van der Waals surface area (Å²) in [5.74, 6) is 0.994. The van der Waals surface area contributed by atoms with Crippen molar-refractivity contribution in [3.63, 3.8) is 0 Å². The molecule has 1 fully saturated rings. The molecule has 0 aliphatic carbocycles. The van der Waals surface area contributed by atoms with Crippen LogP contribution >= 0.6 is 0 Å². The monoisotopic (exact) mass is 408 g/mol. The summed E-state index contributed by atoms with van der Waals surface area (Å²) >= 11 is 0. The highest BCUT2D eigenvalue weighted by Gasteiger charge is 2.29. The number of rotatable bonds is 3. The van der Waals surface area contributed by atoms with Crippen molar-refractivity contribution in [3.8, 4) is 16.9 Å². The number of benzene rings is 1. The molecule has 158 valence electrons. The Balaban J connectivity index is 1.61. The van der Waals surface area contributed by atoms with E-state index < -0.39 is 5.60 Å². The molecule has 4 rings (SSSR count). The molecule has 1 aromatic carbocycles. The Labute approximate surface area is 176 Å². The summed E-state index contributed by atoms with van der Waals surface area (Å²) in [6.45, 7) is 7.01. The summed E-state index contributed by atoms with van der Waals surface area (Å²) in [6.07, 6.45) is 5.35. The van der Waals surface area contributed by atoms with Crippen molar-refractivity contribution in [1.29, 1.82) is 0 Å². The molecule has 3 heterocycles. The minimum atomic E-state index is -0.497. The van der Waals surface area contributed by atoms with Crippen LogP contribution in [-0.2, 0) is 4.74 Å². The summed E-state index contributed by atoms with van der Waals surface area (Å²) in [4.78, 5) is 18.9. The topological polar surface area (TPSA) is 69.0 Å². The zero-order chi connectivity index (χ0) is 21.3. The molecule has 1 unspecified atom stereocenters. The van der Waals surface area contributed by atoms with Gasteiger partial charge in [0.1, 0.15) is 11.4 Å². The number of likely N-dealkylation sites (tertiary alicyclic amines) is 1. The van der Waals surface area contributed by atoms with Crippen LogP contribution in [0.25, 0.3) is 16.8 Å². The van der Waals surface area contributed by atoms with Gasteiger partial charge in [0.2, 0.25) is 0 Å². The molecule has 1 saturated heterocycles. The fraction of sp³-hybridized carbons (Fsp3) is 0.435. The molecular weight excluding hydrogens is 380 g/mol. The zero-order valence-electron chi connectivity index (χ0n) is 18.0. The van der Waals surface area contributed by atoms with Crippen LogP contribution in [0.2, 0.25) is 0 Å².